The number of aromatic amines is 1. The lowest BCUT2D eigenvalue weighted by Gasteiger charge is -2.07. The molecule has 0 atom stereocenters. The summed E-state index contributed by atoms with van der Waals surface area (Å²) in [5.74, 6) is 0.401. The van der Waals surface area contributed by atoms with Crippen LogP contribution in [0, 0.1) is 0 Å². The fraction of sp³-hybridized carbons (Fsp3) is 0.0667. The van der Waals surface area contributed by atoms with Gasteiger partial charge in [0.25, 0.3) is 0 Å². The monoisotopic (exact) mass is 300 g/mol. The number of thiophene rings is 1. The smallest absolute Gasteiger partial charge is 0.345 e. The molecule has 3 rings (SSSR count). The van der Waals surface area contributed by atoms with E-state index >= 15 is 0 Å². The zero-order valence-corrected chi connectivity index (χ0v) is 12.0. The van der Waals surface area contributed by atoms with Crippen LogP contribution in [-0.4, -0.2) is 22.2 Å². The van der Waals surface area contributed by atoms with Crippen molar-refractivity contribution in [2.75, 3.05) is 7.11 Å². The number of benzene rings is 1. The fourth-order valence-electron chi connectivity index (χ4n) is 2.02. The van der Waals surface area contributed by atoms with E-state index < -0.39 is 5.69 Å². The SMILES string of the molecule is COc1cc(-c2cc(-c3ccsc3)nc(=O)[nH]2)ccc1O. The molecule has 2 aromatic heterocycles. The molecule has 1 aromatic carbocycles. The summed E-state index contributed by atoms with van der Waals surface area (Å²) in [6.07, 6.45) is 0. The van der Waals surface area contributed by atoms with Crippen LogP contribution in [0.2, 0.25) is 0 Å². The molecule has 6 heteroatoms. The topological polar surface area (TPSA) is 75.2 Å². The maximum atomic E-state index is 11.8. The minimum absolute atomic E-state index is 0.0516. The van der Waals surface area contributed by atoms with Gasteiger partial charge in [-0.2, -0.15) is 16.3 Å². The number of phenols is 1. The van der Waals surface area contributed by atoms with Crippen molar-refractivity contribution in [1.82, 2.24) is 9.97 Å². The van der Waals surface area contributed by atoms with Crippen LogP contribution >= 0.6 is 11.3 Å². The number of ether oxygens (including phenoxy) is 1. The van der Waals surface area contributed by atoms with Crippen LogP contribution in [0.15, 0.2) is 45.9 Å². The van der Waals surface area contributed by atoms with Crippen molar-refractivity contribution in [3.8, 4) is 34.0 Å². The van der Waals surface area contributed by atoms with E-state index in [0.717, 1.165) is 11.1 Å². The minimum atomic E-state index is -0.416. The van der Waals surface area contributed by atoms with Gasteiger partial charge < -0.3 is 14.8 Å². The van der Waals surface area contributed by atoms with Gasteiger partial charge in [0.15, 0.2) is 11.5 Å². The molecule has 0 amide bonds. The number of methoxy groups -OCH3 is 1. The normalized spacial score (nSPS) is 10.5. The van der Waals surface area contributed by atoms with Gasteiger partial charge in [0.2, 0.25) is 0 Å². The quantitative estimate of drug-likeness (QED) is 0.780. The Bertz CT molecular complexity index is 825. The maximum Gasteiger partial charge on any atom is 0.345 e. The molecule has 2 heterocycles. The Balaban J connectivity index is 2.13. The number of aromatic nitrogens is 2. The molecule has 0 bridgehead atoms. The molecule has 21 heavy (non-hydrogen) atoms. The van der Waals surface area contributed by atoms with Gasteiger partial charge in [-0.3, -0.25) is 0 Å². The molecule has 0 radical (unpaired) electrons. The van der Waals surface area contributed by atoms with Crippen molar-refractivity contribution >= 4 is 11.3 Å². The Morgan fingerprint density at radius 3 is 2.81 bits per heavy atom. The van der Waals surface area contributed by atoms with Gasteiger partial charge in [0.05, 0.1) is 18.5 Å². The molecule has 3 aromatic rings. The van der Waals surface area contributed by atoms with E-state index in [1.807, 2.05) is 16.8 Å². The predicted octanol–water partition coefficient (Wildman–Crippen LogP) is 2.88. The van der Waals surface area contributed by atoms with E-state index in [1.54, 1.807) is 29.5 Å². The highest BCUT2D eigenvalue weighted by atomic mass is 32.1. The first-order valence-corrected chi connectivity index (χ1v) is 7.13. The number of nitrogens with one attached hydrogen (secondary N) is 1. The molecule has 0 fully saturated rings. The molecule has 0 aliphatic heterocycles. The standard InChI is InChI=1S/C15H12N2O3S/c1-20-14-6-9(2-3-13(14)18)11-7-12(17-15(19)16-11)10-4-5-21-8-10/h2-8,18H,1H3,(H,16,17,19). The van der Waals surface area contributed by atoms with Crippen molar-refractivity contribution in [1.29, 1.82) is 0 Å². The van der Waals surface area contributed by atoms with Gasteiger partial charge in [0, 0.05) is 16.5 Å². The number of nitrogens with zero attached hydrogens (tertiary/aromatic N) is 1. The third-order valence-electron chi connectivity index (χ3n) is 3.05. The minimum Gasteiger partial charge on any atom is -0.504 e. The van der Waals surface area contributed by atoms with Gasteiger partial charge in [0.1, 0.15) is 0 Å². The molecule has 0 saturated heterocycles. The summed E-state index contributed by atoms with van der Waals surface area (Å²) < 4.78 is 5.08. The number of hydrogen-bond donors (Lipinski definition) is 2. The van der Waals surface area contributed by atoms with Gasteiger partial charge in [-0.25, -0.2) is 4.79 Å². The summed E-state index contributed by atoms with van der Waals surface area (Å²) in [5, 5.41) is 13.5. The number of aromatic hydroxyl groups is 1. The van der Waals surface area contributed by atoms with Crippen LogP contribution in [0.25, 0.3) is 22.5 Å². The molecule has 0 aliphatic carbocycles. The lowest BCUT2D eigenvalue weighted by Crippen LogP contribution is -2.11. The Morgan fingerprint density at radius 1 is 1.24 bits per heavy atom. The van der Waals surface area contributed by atoms with Gasteiger partial charge >= 0.3 is 5.69 Å². The van der Waals surface area contributed by atoms with Crippen molar-refractivity contribution in [2.45, 2.75) is 0 Å². The van der Waals surface area contributed by atoms with E-state index in [9.17, 15) is 9.90 Å². The average molecular weight is 300 g/mol. The summed E-state index contributed by atoms with van der Waals surface area (Å²) in [4.78, 5) is 18.4. The Hall–Kier alpha value is -2.60. The second-order valence-electron chi connectivity index (χ2n) is 4.38. The van der Waals surface area contributed by atoms with Gasteiger partial charge in [-0.1, -0.05) is 0 Å². The number of phenolic OH excluding ortho intramolecular Hbond substituents is 1. The number of H-pyrrole nitrogens is 1. The third-order valence-corrected chi connectivity index (χ3v) is 3.74. The zero-order valence-electron chi connectivity index (χ0n) is 11.2. The molecule has 5 nitrogen and oxygen atoms in total. The second kappa shape index (κ2) is 5.41. The Kier molecular flexibility index (Phi) is 3.45. The van der Waals surface area contributed by atoms with Crippen molar-refractivity contribution in [3.63, 3.8) is 0 Å². The highest BCUT2D eigenvalue weighted by molar-refractivity contribution is 7.08. The molecule has 106 valence electrons. The molecule has 2 N–H and O–H groups in total. The number of hydrogen-bond acceptors (Lipinski definition) is 5. The van der Waals surface area contributed by atoms with Crippen LogP contribution in [0.5, 0.6) is 11.5 Å². The summed E-state index contributed by atoms with van der Waals surface area (Å²) >= 11 is 1.54. The average Bonchev–Trinajstić information content (AvgIpc) is 3.01. The highest BCUT2D eigenvalue weighted by Gasteiger charge is 2.09. The largest absolute Gasteiger partial charge is 0.504 e. The summed E-state index contributed by atoms with van der Waals surface area (Å²) in [6, 6.07) is 8.61. The van der Waals surface area contributed by atoms with Crippen LogP contribution in [0.4, 0.5) is 0 Å². The number of rotatable bonds is 3. The third kappa shape index (κ3) is 2.66. The van der Waals surface area contributed by atoms with Crippen molar-refractivity contribution < 1.29 is 9.84 Å². The Labute approximate surface area is 124 Å². The lowest BCUT2D eigenvalue weighted by molar-refractivity contribution is 0.373. The summed E-state index contributed by atoms with van der Waals surface area (Å²) in [5.41, 5.74) is 2.45. The molecule has 0 spiro atoms. The summed E-state index contributed by atoms with van der Waals surface area (Å²) in [7, 11) is 1.48. The molecule has 0 saturated carbocycles. The highest BCUT2D eigenvalue weighted by Crippen LogP contribution is 2.31. The van der Waals surface area contributed by atoms with E-state index in [4.69, 9.17) is 4.74 Å². The Morgan fingerprint density at radius 2 is 2.10 bits per heavy atom. The lowest BCUT2D eigenvalue weighted by atomic mass is 10.1. The van der Waals surface area contributed by atoms with Crippen LogP contribution < -0.4 is 10.4 Å². The van der Waals surface area contributed by atoms with E-state index in [-0.39, 0.29) is 5.75 Å². The van der Waals surface area contributed by atoms with Crippen LogP contribution in [0.1, 0.15) is 0 Å². The van der Waals surface area contributed by atoms with E-state index in [0.29, 0.717) is 17.1 Å². The first-order valence-electron chi connectivity index (χ1n) is 6.18. The molecule has 0 unspecified atom stereocenters. The molecular weight excluding hydrogens is 288 g/mol. The van der Waals surface area contributed by atoms with E-state index in [1.165, 1.54) is 13.2 Å². The summed E-state index contributed by atoms with van der Waals surface area (Å²) in [6.45, 7) is 0. The second-order valence-corrected chi connectivity index (χ2v) is 5.16. The van der Waals surface area contributed by atoms with Crippen LogP contribution in [0.3, 0.4) is 0 Å². The zero-order chi connectivity index (χ0) is 14.8. The molecule has 0 aliphatic rings. The molecular formula is C15H12N2O3S. The fourth-order valence-corrected chi connectivity index (χ4v) is 2.67. The predicted molar refractivity (Wildman–Crippen MR) is 81.8 cm³/mol. The van der Waals surface area contributed by atoms with Crippen LogP contribution in [-0.2, 0) is 0 Å². The first kappa shape index (κ1) is 13.4. The maximum absolute atomic E-state index is 11.8. The van der Waals surface area contributed by atoms with Crippen molar-refractivity contribution in [3.05, 3.63) is 51.6 Å². The van der Waals surface area contributed by atoms with Gasteiger partial charge in [-0.15, -0.1) is 0 Å². The first-order chi connectivity index (χ1) is 10.2. The van der Waals surface area contributed by atoms with Crippen molar-refractivity contribution in [2.24, 2.45) is 0 Å². The van der Waals surface area contributed by atoms with Gasteiger partial charge in [-0.05, 0) is 35.7 Å². The van der Waals surface area contributed by atoms with E-state index in [2.05, 4.69) is 9.97 Å².